The van der Waals surface area contributed by atoms with E-state index in [9.17, 15) is 4.79 Å². The second-order valence-corrected chi connectivity index (χ2v) is 4.81. The standard InChI is InChI=1S/C16H23NO5/c1-3-20-14-6-5-12(9-15(14)21-4-2)16(18)17-10-13-11-19-7-8-22-13/h5-6,9,13H,3-4,7-8,10-11H2,1-2H3,(H,17,18)/t13-/m0/s1. The van der Waals surface area contributed by atoms with Gasteiger partial charge in [-0.25, -0.2) is 0 Å². The van der Waals surface area contributed by atoms with Gasteiger partial charge in [-0.1, -0.05) is 0 Å². The van der Waals surface area contributed by atoms with Gasteiger partial charge in [0.05, 0.1) is 39.1 Å². The minimum Gasteiger partial charge on any atom is -0.490 e. The van der Waals surface area contributed by atoms with E-state index in [0.717, 1.165) is 0 Å². The predicted molar refractivity (Wildman–Crippen MR) is 81.7 cm³/mol. The fourth-order valence-corrected chi connectivity index (χ4v) is 2.16. The van der Waals surface area contributed by atoms with Gasteiger partial charge >= 0.3 is 0 Å². The number of hydrogen-bond acceptors (Lipinski definition) is 5. The number of hydrogen-bond donors (Lipinski definition) is 1. The zero-order valence-corrected chi connectivity index (χ0v) is 13.1. The molecule has 1 aliphatic rings. The largest absolute Gasteiger partial charge is 0.490 e. The number of nitrogens with one attached hydrogen (secondary N) is 1. The van der Waals surface area contributed by atoms with Gasteiger partial charge in [-0.3, -0.25) is 4.79 Å². The molecule has 0 aliphatic carbocycles. The van der Waals surface area contributed by atoms with Gasteiger partial charge in [0.2, 0.25) is 0 Å². The first-order valence-electron chi connectivity index (χ1n) is 7.61. The van der Waals surface area contributed by atoms with Crippen LogP contribution in [0, 0.1) is 0 Å². The highest BCUT2D eigenvalue weighted by Gasteiger charge is 2.17. The fraction of sp³-hybridized carbons (Fsp3) is 0.562. The third-order valence-corrected chi connectivity index (χ3v) is 3.18. The molecule has 1 fully saturated rings. The first-order valence-corrected chi connectivity index (χ1v) is 7.61. The molecule has 0 aromatic heterocycles. The van der Waals surface area contributed by atoms with E-state index in [1.165, 1.54) is 0 Å². The maximum Gasteiger partial charge on any atom is 0.251 e. The maximum atomic E-state index is 12.2. The monoisotopic (exact) mass is 309 g/mol. The van der Waals surface area contributed by atoms with Crippen molar-refractivity contribution in [3.05, 3.63) is 23.8 Å². The highest BCUT2D eigenvalue weighted by Crippen LogP contribution is 2.28. The van der Waals surface area contributed by atoms with Gasteiger partial charge in [0.15, 0.2) is 11.5 Å². The van der Waals surface area contributed by atoms with Crippen molar-refractivity contribution < 1.29 is 23.7 Å². The van der Waals surface area contributed by atoms with Crippen LogP contribution in [0.1, 0.15) is 24.2 Å². The van der Waals surface area contributed by atoms with Crippen molar-refractivity contribution in [2.75, 3.05) is 39.6 Å². The van der Waals surface area contributed by atoms with E-state index in [4.69, 9.17) is 18.9 Å². The molecule has 1 amide bonds. The molecule has 0 unspecified atom stereocenters. The normalized spacial score (nSPS) is 17.8. The summed E-state index contributed by atoms with van der Waals surface area (Å²) in [6, 6.07) is 5.17. The molecule has 0 bridgehead atoms. The van der Waals surface area contributed by atoms with Crippen molar-refractivity contribution in [2.45, 2.75) is 20.0 Å². The average Bonchev–Trinajstić information content (AvgIpc) is 2.55. The lowest BCUT2D eigenvalue weighted by Crippen LogP contribution is -2.39. The second-order valence-electron chi connectivity index (χ2n) is 4.81. The molecule has 6 heteroatoms. The number of rotatable bonds is 7. The minimum atomic E-state index is -0.168. The summed E-state index contributed by atoms with van der Waals surface area (Å²) < 4.78 is 21.8. The van der Waals surface area contributed by atoms with E-state index in [-0.39, 0.29) is 12.0 Å². The zero-order chi connectivity index (χ0) is 15.8. The number of benzene rings is 1. The summed E-state index contributed by atoms with van der Waals surface area (Å²) in [5, 5.41) is 2.85. The van der Waals surface area contributed by atoms with E-state index in [2.05, 4.69) is 5.32 Å². The Labute approximate surface area is 130 Å². The molecule has 2 rings (SSSR count). The van der Waals surface area contributed by atoms with Crippen LogP contribution in [0.3, 0.4) is 0 Å². The molecule has 1 aromatic rings. The van der Waals surface area contributed by atoms with Crippen LogP contribution in [-0.4, -0.2) is 51.6 Å². The lowest BCUT2D eigenvalue weighted by atomic mass is 10.2. The minimum absolute atomic E-state index is 0.0910. The molecule has 0 radical (unpaired) electrons. The summed E-state index contributed by atoms with van der Waals surface area (Å²) in [7, 11) is 0. The zero-order valence-electron chi connectivity index (χ0n) is 13.1. The molecule has 0 spiro atoms. The summed E-state index contributed by atoms with van der Waals surface area (Å²) in [6.07, 6.45) is -0.0910. The summed E-state index contributed by atoms with van der Waals surface area (Å²) in [5.74, 6) is 1.05. The molecule has 1 atom stereocenters. The summed E-state index contributed by atoms with van der Waals surface area (Å²) in [4.78, 5) is 12.2. The first kappa shape index (κ1) is 16.6. The SMILES string of the molecule is CCOc1ccc(C(=O)NC[C@H]2COCCO2)cc1OCC. The number of ether oxygens (including phenoxy) is 4. The van der Waals surface area contributed by atoms with Crippen LogP contribution >= 0.6 is 0 Å². The Bertz CT molecular complexity index is 485. The number of carbonyl (C=O) groups excluding carboxylic acids is 1. The quantitative estimate of drug-likeness (QED) is 0.829. The third-order valence-electron chi connectivity index (χ3n) is 3.18. The molecule has 1 saturated heterocycles. The molecule has 1 heterocycles. The van der Waals surface area contributed by atoms with Crippen LogP contribution in [0.2, 0.25) is 0 Å². The Hall–Kier alpha value is -1.79. The maximum absolute atomic E-state index is 12.2. The molecule has 22 heavy (non-hydrogen) atoms. The molecule has 122 valence electrons. The Morgan fingerprint density at radius 2 is 2.00 bits per heavy atom. The topological polar surface area (TPSA) is 66.0 Å². The van der Waals surface area contributed by atoms with Crippen molar-refractivity contribution in [3.8, 4) is 11.5 Å². The molecular formula is C16H23NO5. The lowest BCUT2D eigenvalue weighted by Gasteiger charge is -2.23. The Morgan fingerprint density at radius 3 is 2.68 bits per heavy atom. The van der Waals surface area contributed by atoms with E-state index < -0.39 is 0 Å². The lowest BCUT2D eigenvalue weighted by molar-refractivity contribution is -0.0855. The highest BCUT2D eigenvalue weighted by atomic mass is 16.6. The van der Waals surface area contributed by atoms with Gasteiger partial charge in [-0.2, -0.15) is 0 Å². The van der Waals surface area contributed by atoms with Crippen molar-refractivity contribution in [1.82, 2.24) is 5.32 Å². The van der Waals surface area contributed by atoms with Crippen molar-refractivity contribution >= 4 is 5.91 Å². The summed E-state index contributed by atoms with van der Waals surface area (Å²) >= 11 is 0. The van der Waals surface area contributed by atoms with Gasteiger partial charge in [0.25, 0.3) is 5.91 Å². The second kappa shape index (κ2) is 8.60. The summed E-state index contributed by atoms with van der Waals surface area (Å²) in [5.41, 5.74) is 0.531. The van der Waals surface area contributed by atoms with Crippen molar-refractivity contribution in [1.29, 1.82) is 0 Å². The van der Waals surface area contributed by atoms with E-state index in [1.54, 1.807) is 18.2 Å². The van der Waals surface area contributed by atoms with Crippen LogP contribution in [0.4, 0.5) is 0 Å². The summed E-state index contributed by atoms with van der Waals surface area (Å²) in [6.45, 7) is 6.97. The average molecular weight is 309 g/mol. The van der Waals surface area contributed by atoms with Gasteiger partial charge in [-0.15, -0.1) is 0 Å². The van der Waals surface area contributed by atoms with Crippen LogP contribution in [0.5, 0.6) is 11.5 Å². The van der Waals surface area contributed by atoms with E-state index in [1.807, 2.05) is 13.8 Å². The van der Waals surface area contributed by atoms with E-state index >= 15 is 0 Å². The third kappa shape index (κ3) is 4.61. The number of carbonyl (C=O) groups is 1. The van der Waals surface area contributed by atoms with Gasteiger partial charge < -0.3 is 24.3 Å². The number of amides is 1. The smallest absolute Gasteiger partial charge is 0.251 e. The first-order chi connectivity index (χ1) is 10.7. The van der Waals surface area contributed by atoms with E-state index in [0.29, 0.717) is 56.6 Å². The van der Waals surface area contributed by atoms with Crippen LogP contribution < -0.4 is 14.8 Å². The van der Waals surface area contributed by atoms with Gasteiger partial charge in [0.1, 0.15) is 0 Å². The van der Waals surface area contributed by atoms with Crippen molar-refractivity contribution in [2.24, 2.45) is 0 Å². The van der Waals surface area contributed by atoms with Crippen LogP contribution in [0.25, 0.3) is 0 Å². The molecule has 1 aromatic carbocycles. The predicted octanol–water partition coefficient (Wildman–Crippen LogP) is 1.63. The molecular weight excluding hydrogens is 286 g/mol. The van der Waals surface area contributed by atoms with Gasteiger partial charge in [0, 0.05) is 12.1 Å². The van der Waals surface area contributed by atoms with Crippen LogP contribution in [0.15, 0.2) is 18.2 Å². The Balaban J connectivity index is 1.97. The molecule has 0 saturated carbocycles. The van der Waals surface area contributed by atoms with Crippen LogP contribution in [-0.2, 0) is 9.47 Å². The fourth-order valence-electron chi connectivity index (χ4n) is 2.16. The van der Waals surface area contributed by atoms with Crippen molar-refractivity contribution in [3.63, 3.8) is 0 Å². The molecule has 6 nitrogen and oxygen atoms in total. The van der Waals surface area contributed by atoms with Gasteiger partial charge in [-0.05, 0) is 32.0 Å². The highest BCUT2D eigenvalue weighted by molar-refractivity contribution is 5.94. The Morgan fingerprint density at radius 1 is 1.23 bits per heavy atom. The Kier molecular flexibility index (Phi) is 6.48. The molecule has 1 aliphatic heterocycles. The molecule has 1 N–H and O–H groups in total.